The van der Waals surface area contributed by atoms with Crippen molar-refractivity contribution < 1.29 is 27.0 Å². The van der Waals surface area contributed by atoms with Crippen molar-refractivity contribution in [1.29, 1.82) is 0 Å². The molecule has 2 aromatic rings. The molecule has 0 spiro atoms. The minimum absolute atomic E-state index is 0.255. The van der Waals surface area contributed by atoms with Crippen LogP contribution in [0.3, 0.4) is 0 Å². The van der Waals surface area contributed by atoms with Gasteiger partial charge in [0.15, 0.2) is 0 Å². The molecule has 0 heterocycles. The van der Waals surface area contributed by atoms with Crippen LogP contribution in [-0.4, -0.2) is 51.3 Å². The average Bonchev–Trinajstić information content (AvgIpc) is 2.83. The summed E-state index contributed by atoms with van der Waals surface area (Å²) in [4.78, 5) is 0.511. The van der Waals surface area contributed by atoms with E-state index in [1.165, 1.54) is 0 Å². The SMILES string of the molecule is Cc1ccc(S(=O)(=O)N[C@@H]2CCCC[C@@H]2O)cc1.Cc1ccc(S(=O)(=O)N[C@H]2CCCC[C@H]2O)cc1. The predicted octanol–water partition coefficient (Wildman–Crippen LogP) is 3.15. The molecule has 8 nitrogen and oxygen atoms in total. The van der Waals surface area contributed by atoms with Gasteiger partial charge in [-0.2, -0.15) is 0 Å². The van der Waals surface area contributed by atoms with Crippen LogP contribution in [0.15, 0.2) is 58.3 Å². The van der Waals surface area contributed by atoms with Gasteiger partial charge in [-0.25, -0.2) is 26.3 Å². The van der Waals surface area contributed by atoms with Crippen LogP contribution in [0.4, 0.5) is 0 Å². The predicted molar refractivity (Wildman–Crippen MR) is 140 cm³/mol. The Balaban J connectivity index is 0.000000201. The Morgan fingerprint density at radius 1 is 0.583 bits per heavy atom. The first-order valence-electron chi connectivity index (χ1n) is 12.5. The monoisotopic (exact) mass is 538 g/mol. The number of nitrogens with one attached hydrogen (secondary N) is 2. The van der Waals surface area contributed by atoms with E-state index in [2.05, 4.69) is 9.44 Å². The molecule has 4 rings (SSSR count). The van der Waals surface area contributed by atoms with Gasteiger partial charge in [-0.3, -0.25) is 0 Å². The van der Waals surface area contributed by atoms with E-state index in [1.54, 1.807) is 48.5 Å². The molecule has 0 radical (unpaired) electrons. The molecule has 2 saturated carbocycles. The second-order valence-corrected chi connectivity index (χ2v) is 13.2. The third-order valence-corrected chi connectivity index (χ3v) is 9.75. The van der Waals surface area contributed by atoms with Crippen LogP contribution in [0.5, 0.6) is 0 Å². The van der Waals surface area contributed by atoms with Gasteiger partial charge in [-0.15, -0.1) is 0 Å². The van der Waals surface area contributed by atoms with Crippen LogP contribution in [0, 0.1) is 13.8 Å². The summed E-state index contributed by atoms with van der Waals surface area (Å²) >= 11 is 0. The highest BCUT2D eigenvalue weighted by Gasteiger charge is 2.29. The van der Waals surface area contributed by atoms with E-state index < -0.39 is 32.3 Å². The van der Waals surface area contributed by atoms with E-state index in [0.717, 1.165) is 36.8 Å². The van der Waals surface area contributed by atoms with Crippen molar-refractivity contribution >= 4 is 20.0 Å². The van der Waals surface area contributed by atoms with Crippen molar-refractivity contribution in [2.24, 2.45) is 0 Å². The molecule has 0 aromatic heterocycles. The van der Waals surface area contributed by atoms with Gasteiger partial charge in [0.1, 0.15) is 0 Å². The van der Waals surface area contributed by atoms with Gasteiger partial charge in [0.05, 0.1) is 22.0 Å². The smallest absolute Gasteiger partial charge is 0.240 e. The number of benzene rings is 2. The van der Waals surface area contributed by atoms with Crippen LogP contribution >= 0.6 is 0 Å². The summed E-state index contributed by atoms with van der Waals surface area (Å²) in [7, 11) is -7.04. The van der Waals surface area contributed by atoms with Crippen molar-refractivity contribution in [3.8, 4) is 0 Å². The molecule has 0 unspecified atom stereocenters. The molecule has 2 aliphatic carbocycles. The third-order valence-electron chi connectivity index (χ3n) is 6.73. The van der Waals surface area contributed by atoms with E-state index in [4.69, 9.17) is 0 Å². The van der Waals surface area contributed by atoms with E-state index in [-0.39, 0.29) is 21.9 Å². The summed E-state index contributed by atoms with van der Waals surface area (Å²) in [6.45, 7) is 3.82. The van der Waals surface area contributed by atoms with Crippen LogP contribution in [0.1, 0.15) is 62.5 Å². The van der Waals surface area contributed by atoms with Gasteiger partial charge in [0, 0.05) is 12.1 Å². The quantitative estimate of drug-likeness (QED) is 0.447. The van der Waals surface area contributed by atoms with Crippen LogP contribution < -0.4 is 9.44 Å². The number of sulfonamides is 2. The highest BCUT2D eigenvalue weighted by molar-refractivity contribution is 7.89. The van der Waals surface area contributed by atoms with E-state index in [9.17, 15) is 27.0 Å². The van der Waals surface area contributed by atoms with Gasteiger partial charge in [-0.1, -0.05) is 61.1 Å². The van der Waals surface area contributed by atoms with Crippen molar-refractivity contribution in [2.75, 3.05) is 0 Å². The molecule has 2 aliphatic rings. The Hall–Kier alpha value is -1.82. The lowest BCUT2D eigenvalue weighted by atomic mass is 9.93. The third kappa shape index (κ3) is 8.09. The summed E-state index contributed by atoms with van der Waals surface area (Å²) < 4.78 is 53.7. The Morgan fingerprint density at radius 2 is 0.889 bits per heavy atom. The zero-order valence-corrected chi connectivity index (χ0v) is 22.6. The number of hydrogen-bond acceptors (Lipinski definition) is 6. The maximum atomic E-state index is 12.1. The van der Waals surface area contributed by atoms with Crippen molar-refractivity contribution in [1.82, 2.24) is 9.44 Å². The van der Waals surface area contributed by atoms with Crippen LogP contribution in [-0.2, 0) is 20.0 Å². The second kappa shape index (κ2) is 12.6. The average molecular weight is 539 g/mol. The summed E-state index contributed by atoms with van der Waals surface area (Å²) in [5.41, 5.74) is 2.04. The lowest BCUT2D eigenvalue weighted by Gasteiger charge is -2.28. The van der Waals surface area contributed by atoms with Crippen LogP contribution in [0.2, 0.25) is 0 Å². The molecule has 2 aromatic carbocycles. The highest BCUT2D eigenvalue weighted by atomic mass is 32.2. The molecular formula is C26H38N2O6S2. The largest absolute Gasteiger partial charge is 0.391 e. The molecule has 4 N–H and O–H groups in total. The maximum Gasteiger partial charge on any atom is 0.240 e. The first-order valence-corrected chi connectivity index (χ1v) is 15.5. The topological polar surface area (TPSA) is 133 Å². The molecule has 0 saturated heterocycles. The first-order chi connectivity index (χ1) is 17.0. The zero-order chi connectivity index (χ0) is 26.3. The van der Waals surface area contributed by atoms with Gasteiger partial charge in [0.2, 0.25) is 20.0 Å². The Bertz CT molecular complexity index is 1090. The minimum atomic E-state index is -3.52. The fourth-order valence-corrected chi connectivity index (χ4v) is 7.07. The van der Waals surface area contributed by atoms with Gasteiger partial charge in [0.25, 0.3) is 0 Å². The summed E-state index contributed by atoms with van der Waals surface area (Å²) in [6.07, 6.45) is 5.43. The number of aryl methyl sites for hydroxylation is 2. The molecule has 10 heteroatoms. The van der Waals surface area contributed by atoms with E-state index in [0.29, 0.717) is 25.7 Å². The first kappa shape index (κ1) is 28.7. The highest BCUT2D eigenvalue weighted by Crippen LogP contribution is 2.22. The number of aliphatic hydroxyl groups excluding tert-OH is 2. The normalized spacial score (nSPS) is 25.0. The summed E-state index contributed by atoms with van der Waals surface area (Å²) in [5, 5.41) is 19.6. The Morgan fingerprint density at radius 3 is 1.19 bits per heavy atom. The molecule has 0 aliphatic heterocycles. The fraction of sp³-hybridized carbons (Fsp3) is 0.538. The lowest BCUT2D eigenvalue weighted by molar-refractivity contribution is 0.101. The molecule has 2 fully saturated rings. The molecule has 0 amide bonds. The van der Waals surface area contributed by atoms with Crippen molar-refractivity contribution in [3.63, 3.8) is 0 Å². The van der Waals surface area contributed by atoms with Gasteiger partial charge < -0.3 is 10.2 Å². The van der Waals surface area contributed by atoms with Crippen molar-refractivity contribution in [3.05, 3.63) is 59.7 Å². The fourth-order valence-electron chi connectivity index (χ4n) is 4.47. The second-order valence-electron chi connectivity index (χ2n) is 9.79. The molecule has 4 atom stereocenters. The van der Waals surface area contributed by atoms with E-state index in [1.807, 2.05) is 13.8 Å². The van der Waals surface area contributed by atoms with Gasteiger partial charge >= 0.3 is 0 Å². The van der Waals surface area contributed by atoms with E-state index >= 15 is 0 Å². The number of aliphatic hydroxyl groups is 2. The number of rotatable bonds is 6. The molecule has 36 heavy (non-hydrogen) atoms. The lowest BCUT2D eigenvalue weighted by Crippen LogP contribution is -2.44. The minimum Gasteiger partial charge on any atom is -0.391 e. The van der Waals surface area contributed by atoms with Gasteiger partial charge in [-0.05, 0) is 63.8 Å². The Labute approximate surface area is 215 Å². The maximum absolute atomic E-state index is 12.1. The van der Waals surface area contributed by atoms with Crippen LogP contribution in [0.25, 0.3) is 0 Å². The molecule has 200 valence electrons. The Kier molecular flexibility index (Phi) is 10.1. The van der Waals surface area contributed by atoms with Crippen molar-refractivity contribution in [2.45, 2.75) is 99.3 Å². The summed E-state index contributed by atoms with van der Waals surface area (Å²) in [6, 6.07) is 12.7. The zero-order valence-electron chi connectivity index (χ0n) is 20.9. The molecule has 0 bridgehead atoms. The molecular weight excluding hydrogens is 500 g/mol. The standard InChI is InChI=1S/2C13H19NO3S/c2*1-10-6-8-11(9-7-10)18(16,17)14-12-4-2-3-5-13(12)15/h2*6-9,12-15H,2-5H2,1H3/t2*12-,13+/m10/s1. The number of hydrogen-bond donors (Lipinski definition) is 4. The summed E-state index contributed by atoms with van der Waals surface area (Å²) in [5.74, 6) is 0.